The molecule has 0 bridgehead atoms. The third kappa shape index (κ3) is 534. The Labute approximate surface area is 204 Å². The van der Waals surface area contributed by atoms with Gasteiger partial charge in [-0.3, -0.25) is 8.42 Å². The molecule has 0 saturated carbocycles. The summed E-state index contributed by atoms with van der Waals surface area (Å²) in [6.45, 7) is 0. The molecular formula is CaK2N2O10S. The first-order valence-corrected chi connectivity index (χ1v) is 3.10. The van der Waals surface area contributed by atoms with E-state index in [1.807, 2.05) is 0 Å². The van der Waals surface area contributed by atoms with Crippen molar-refractivity contribution in [1.29, 1.82) is 0 Å². The van der Waals surface area contributed by atoms with Gasteiger partial charge in [-0.1, -0.05) is 0 Å². The minimum absolute atomic E-state index is 0. The van der Waals surface area contributed by atoms with Crippen LogP contribution in [0.1, 0.15) is 0 Å². The second kappa shape index (κ2) is 22.9. The van der Waals surface area contributed by atoms with Gasteiger partial charge in [0.2, 0.25) is 0 Å². The number of hydrogen-bond acceptors (Lipinski definition) is 10. The van der Waals surface area contributed by atoms with Gasteiger partial charge in [-0.15, -0.1) is 0 Å². The Balaban J connectivity index is -0.0000000216. The first-order valence-electron chi connectivity index (χ1n) is 1.76. The maximum Gasteiger partial charge on any atom is 2.00 e. The van der Waals surface area contributed by atoms with E-state index in [1.165, 1.54) is 0 Å². The largest absolute Gasteiger partial charge is 2.00 e. The van der Waals surface area contributed by atoms with Gasteiger partial charge in [-0.2, -0.15) is 0 Å². The van der Waals surface area contributed by atoms with Gasteiger partial charge in [0.15, 0.2) is 0 Å². The summed E-state index contributed by atoms with van der Waals surface area (Å²) in [5.74, 6) is 0. The molecule has 0 amide bonds. The second-order valence-corrected chi connectivity index (χ2v) is 1.67. The molecule has 0 fully saturated rings. The van der Waals surface area contributed by atoms with Gasteiger partial charge in [-0.25, -0.2) is 0 Å². The van der Waals surface area contributed by atoms with E-state index in [-0.39, 0.29) is 141 Å². The standard InChI is InChI=1S/Ca.2K.2NO3.H2O4S/c;;;2*2-1(3)4;1-5(2,3)4/h;;;;;(H2,1,2,3,4)/q+2;2*+1;2*-1;/p-2. The molecule has 0 N–H and O–H groups in total. The van der Waals surface area contributed by atoms with Crippen LogP contribution < -0.4 is 103 Å². The average Bonchev–Trinajstić information content (AvgIpc) is 1.50. The number of hydrogen-bond donors (Lipinski definition) is 0. The average molecular weight is 338 g/mol. The van der Waals surface area contributed by atoms with Crippen LogP contribution in [-0.4, -0.2) is 65.4 Å². The molecule has 0 atom stereocenters. The van der Waals surface area contributed by atoms with Crippen molar-refractivity contribution in [3.8, 4) is 0 Å². The van der Waals surface area contributed by atoms with E-state index in [0.717, 1.165) is 0 Å². The molecule has 0 aromatic heterocycles. The normalized spacial score (nSPS) is 6.62. The summed E-state index contributed by atoms with van der Waals surface area (Å²) in [5, 5.41) is 29.5. The van der Waals surface area contributed by atoms with Gasteiger partial charge >= 0.3 is 141 Å². The first kappa shape index (κ1) is 36.4. The predicted molar refractivity (Wildman–Crippen MR) is 37.0 cm³/mol. The van der Waals surface area contributed by atoms with Crippen LogP contribution in [0.4, 0.5) is 0 Å². The zero-order valence-corrected chi connectivity index (χ0v) is 17.4. The van der Waals surface area contributed by atoms with Gasteiger partial charge in [0.25, 0.3) is 0 Å². The topological polar surface area (TPSA) is 213 Å². The molecule has 16 heteroatoms. The Morgan fingerprint density at radius 1 is 0.750 bits per heavy atom. The van der Waals surface area contributed by atoms with E-state index < -0.39 is 20.6 Å². The van der Waals surface area contributed by atoms with Crippen molar-refractivity contribution in [3.63, 3.8) is 0 Å². The van der Waals surface area contributed by atoms with Crippen molar-refractivity contribution in [2.75, 3.05) is 0 Å². The van der Waals surface area contributed by atoms with E-state index >= 15 is 0 Å². The van der Waals surface area contributed by atoms with E-state index in [0.29, 0.717) is 0 Å². The minimum Gasteiger partial charge on any atom is -0.759 e. The van der Waals surface area contributed by atoms with Gasteiger partial charge in [0, 0.05) is 10.4 Å². The Hall–Kier alpha value is 2.80. The zero-order valence-electron chi connectivity index (χ0n) is 8.09. The quantitative estimate of drug-likeness (QED) is 0.134. The molecule has 0 aromatic rings. The van der Waals surface area contributed by atoms with Crippen molar-refractivity contribution >= 4 is 48.1 Å². The first-order chi connectivity index (χ1) is 5.46. The van der Waals surface area contributed by atoms with Crippen LogP contribution in [-0.2, 0) is 10.4 Å². The summed E-state index contributed by atoms with van der Waals surface area (Å²) in [6.07, 6.45) is 0. The van der Waals surface area contributed by atoms with E-state index in [1.54, 1.807) is 0 Å². The fourth-order valence-corrected chi connectivity index (χ4v) is 0. The van der Waals surface area contributed by atoms with Gasteiger partial charge in [0.05, 0.1) is 10.2 Å². The van der Waals surface area contributed by atoms with Crippen LogP contribution in [0.25, 0.3) is 0 Å². The molecule has 0 aliphatic carbocycles. The van der Waals surface area contributed by atoms with E-state index in [2.05, 4.69) is 0 Å². The third-order valence-electron chi connectivity index (χ3n) is 0. The summed E-state index contributed by atoms with van der Waals surface area (Å²) in [4.78, 5) is 16.5. The van der Waals surface area contributed by atoms with Crippen molar-refractivity contribution in [2.24, 2.45) is 0 Å². The van der Waals surface area contributed by atoms with Crippen LogP contribution in [0.15, 0.2) is 0 Å². The fourth-order valence-electron chi connectivity index (χ4n) is 0. The third-order valence-corrected chi connectivity index (χ3v) is 0. The van der Waals surface area contributed by atoms with Gasteiger partial charge in [-0.05, 0) is 0 Å². The molecule has 0 unspecified atom stereocenters. The smallest absolute Gasteiger partial charge is 0.759 e. The van der Waals surface area contributed by atoms with Crippen LogP contribution in [0.2, 0.25) is 0 Å². The fraction of sp³-hybridized carbons (Fsp3) is 0. The molecule has 0 rings (SSSR count). The van der Waals surface area contributed by atoms with Crippen LogP contribution in [0, 0.1) is 30.6 Å². The Bertz CT molecular complexity index is 222. The monoisotopic (exact) mass is 338 g/mol. The van der Waals surface area contributed by atoms with Crippen molar-refractivity contribution < 1.29 is 130 Å². The SMILES string of the molecule is O=S(=O)([O-])[O-].O=[N+]([O-])[O-].O=[N+]([O-])[O-].[Ca+2].[K+].[K+]. The van der Waals surface area contributed by atoms with Gasteiger partial charge < -0.3 is 39.7 Å². The molecular weight excluding hydrogens is 338 g/mol. The van der Waals surface area contributed by atoms with Crippen molar-refractivity contribution in [1.82, 2.24) is 0 Å². The summed E-state index contributed by atoms with van der Waals surface area (Å²) in [5.41, 5.74) is 0. The molecule has 16 heavy (non-hydrogen) atoms. The Kier molecular flexibility index (Phi) is 52.1. The summed E-state index contributed by atoms with van der Waals surface area (Å²) in [7, 11) is -5.17. The Morgan fingerprint density at radius 3 is 0.750 bits per heavy atom. The molecule has 0 saturated heterocycles. The van der Waals surface area contributed by atoms with Crippen LogP contribution in [0.3, 0.4) is 0 Å². The maximum atomic E-state index is 8.52. The zero-order chi connectivity index (χ0) is 11.7. The number of nitrogens with zero attached hydrogens (tertiary/aromatic N) is 2. The second-order valence-electron chi connectivity index (χ2n) is 0.855. The predicted octanol–water partition coefficient (Wildman–Crippen LogP) is -8.19. The van der Waals surface area contributed by atoms with E-state index in [9.17, 15) is 0 Å². The molecule has 80 valence electrons. The number of rotatable bonds is 0. The molecule has 0 aliphatic rings. The molecule has 0 aromatic carbocycles. The maximum absolute atomic E-state index is 8.52. The van der Waals surface area contributed by atoms with Crippen LogP contribution in [0.5, 0.6) is 0 Å². The summed E-state index contributed by atoms with van der Waals surface area (Å²) in [6, 6.07) is 0. The molecule has 0 radical (unpaired) electrons. The summed E-state index contributed by atoms with van der Waals surface area (Å²) < 4.78 is 34.1. The van der Waals surface area contributed by atoms with Crippen molar-refractivity contribution in [3.05, 3.63) is 30.6 Å². The minimum atomic E-state index is -5.17. The Morgan fingerprint density at radius 2 is 0.750 bits per heavy atom. The molecule has 12 nitrogen and oxygen atoms in total. The summed E-state index contributed by atoms with van der Waals surface area (Å²) >= 11 is 0. The molecule has 0 aliphatic heterocycles. The van der Waals surface area contributed by atoms with Crippen molar-refractivity contribution in [2.45, 2.75) is 0 Å². The van der Waals surface area contributed by atoms with E-state index in [4.69, 9.17) is 48.2 Å². The van der Waals surface area contributed by atoms with Gasteiger partial charge in [0.1, 0.15) is 0 Å². The molecule has 0 heterocycles. The van der Waals surface area contributed by atoms with Crippen LogP contribution >= 0.6 is 0 Å². The molecule has 0 spiro atoms.